The summed E-state index contributed by atoms with van der Waals surface area (Å²) in [5, 5.41) is 1.96. The monoisotopic (exact) mass is 374 g/mol. The van der Waals surface area contributed by atoms with Crippen molar-refractivity contribution in [1.29, 1.82) is 0 Å². The SMILES string of the molecule is C=CCc1ccccc1OCc1cc(=O)n2c(-c3ccccc3)csc2n1. The summed E-state index contributed by atoms with van der Waals surface area (Å²) < 4.78 is 7.57. The second kappa shape index (κ2) is 7.60. The normalized spacial score (nSPS) is 10.8. The smallest absolute Gasteiger partial charge is 0.259 e. The summed E-state index contributed by atoms with van der Waals surface area (Å²) >= 11 is 1.45. The number of thiazole rings is 1. The van der Waals surface area contributed by atoms with Gasteiger partial charge >= 0.3 is 0 Å². The Morgan fingerprint density at radius 3 is 2.70 bits per heavy atom. The molecule has 5 heteroatoms. The molecule has 0 saturated carbocycles. The van der Waals surface area contributed by atoms with Crippen LogP contribution in [0.4, 0.5) is 0 Å². The Morgan fingerprint density at radius 2 is 1.89 bits per heavy atom. The first-order chi connectivity index (χ1) is 13.3. The molecule has 2 aromatic carbocycles. The number of fused-ring (bicyclic) bond motifs is 1. The van der Waals surface area contributed by atoms with Gasteiger partial charge in [0.25, 0.3) is 5.56 Å². The lowest BCUT2D eigenvalue weighted by molar-refractivity contribution is 0.298. The third-order valence-corrected chi connectivity index (χ3v) is 5.07. The molecular weight excluding hydrogens is 356 g/mol. The van der Waals surface area contributed by atoms with Crippen LogP contribution in [0.1, 0.15) is 11.3 Å². The summed E-state index contributed by atoms with van der Waals surface area (Å²) in [6.07, 6.45) is 2.58. The summed E-state index contributed by atoms with van der Waals surface area (Å²) in [6.45, 7) is 4.03. The number of para-hydroxylation sites is 1. The van der Waals surface area contributed by atoms with E-state index in [0.29, 0.717) is 10.7 Å². The Labute approximate surface area is 161 Å². The molecule has 0 fully saturated rings. The molecule has 134 valence electrons. The number of rotatable bonds is 6. The molecule has 0 saturated heterocycles. The van der Waals surface area contributed by atoms with Crippen molar-refractivity contribution in [2.75, 3.05) is 0 Å². The molecule has 0 amide bonds. The Morgan fingerprint density at radius 1 is 1.11 bits per heavy atom. The molecule has 2 heterocycles. The average molecular weight is 374 g/mol. The highest BCUT2D eigenvalue weighted by molar-refractivity contribution is 7.15. The molecule has 0 atom stereocenters. The molecule has 0 aliphatic heterocycles. The fourth-order valence-electron chi connectivity index (χ4n) is 2.97. The van der Waals surface area contributed by atoms with Crippen molar-refractivity contribution in [3.63, 3.8) is 0 Å². The zero-order chi connectivity index (χ0) is 18.6. The highest BCUT2D eigenvalue weighted by atomic mass is 32.1. The van der Waals surface area contributed by atoms with E-state index in [4.69, 9.17) is 4.74 Å². The van der Waals surface area contributed by atoms with Crippen LogP contribution in [0.5, 0.6) is 5.75 Å². The largest absolute Gasteiger partial charge is 0.487 e. The maximum Gasteiger partial charge on any atom is 0.259 e. The highest BCUT2D eigenvalue weighted by Gasteiger charge is 2.11. The number of hydrogen-bond acceptors (Lipinski definition) is 4. The quantitative estimate of drug-likeness (QED) is 0.458. The zero-order valence-corrected chi connectivity index (χ0v) is 15.5. The third-order valence-electron chi connectivity index (χ3n) is 4.24. The number of nitrogens with zero attached hydrogens (tertiary/aromatic N) is 2. The molecule has 0 aliphatic carbocycles. The van der Waals surface area contributed by atoms with E-state index in [1.807, 2.05) is 66.1 Å². The Balaban J connectivity index is 1.63. The van der Waals surface area contributed by atoms with Crippen molar-refractivity contribution in [3.8, 4) is 17.0 Å². The molecule has 4 rings (SSSR count). The molecular formula is C22H18N2O2S. The Hall–Kier alpha value is -3.18. The lowest BCUT2D eigenvalue weighted by Gasteiger charge is -2.10. The number of ether oxygens (including phenoxy) is 1. The van der Waals surface area contributed by atoms with Crippen molar-refractivity contribution in [2.45, 2.75) is 13.0 Å². The van der Waals surface area contributed by atoms with E-state index in [1.54, 1.807) is 10.5 Å². The van der Waals surface area contributed by atoms with Gasteiger partial charge in [-0.2, -0.15) is 0 Å². The number of allylic oxidation sites excluding steroid dienone is 1. The molecule has 0 radical (unpaired) electrons. The van der Waals surface area contributed by atoms with Gasteiger partial charge in [-0.05, 0) is 23.6 Å². The van der Waals surface area contributed by atoms with E-state index in [-0.39, 0.29) is 12.2 Å². The van der Waals surface area contributed by atoms with Crippen molar-refractivity contribution in [1.82, 2.24) is 9.38 Å². The van der Waals surface area contributed by atoms with Gasteiger partial charge in [0.15, 0.2) is 4.96 Å². The van der Waals surface area contributed by atoms with Crippen molar-refractivity contribution in [2.24, 2.45) is 0 Å². The fraction of sp³-hybridized carbons (Fsp3) is 0.0909. The third kappa shape index (κ3) is 3.55. The molecule has 27 heavy (non-hydrogen) atoms. The van der Waals surface area contributed by atoms with Crippen molar-refractivity contribution >= 4 is 16.3 Å². The Kier molecular flexibility index (Phi) is 4.85. The Bertz CT molecular complexity index is 1150. The molecule has 4 nitrogen and oxygen atoms in total. The van der Waals surface area contributed by atoms with E-state index in [1.165, 1.54) is 11.3 Å². The van der Waals surface area contributed by atoms with Crippen LogP contribution in [0.15, 0.2) is 83.5 Å². The van der Waals surface area contributed by atoms with Gasteiger partial charge < -0.3 is 4.74 Å². The highest BCUT2D eigenvalue weighted by Crippen LogP contribution is 2.24. The summed E-state index contributed by atoms with van der Waals surface area (Å²) in [7, 11) is 0. The van der Waals surface area contributed by atoms with Gasteiger partial charge in [-0.25, -0.2) is 4.98 Å². The second-order valence-electron chi connectivity index (χ2n) is 6.08. The van der Waals surface area contributed by atoms with Crippen LogP contribution < -0.4 is 10.3 Å². The standard InChI is InChI=1S/C22H18N2O2S/c1-2-8-17-11-6-7-12-20(17)26-14-18-13-21(25)24-19(15-27-22(24)23-18)16-9-4-3-5-10-16/h2-7,9-13,15H,1,8,14H2. The van der Waals surface area contributed by atoms with Crippen LogP contribution in [0.3, 0.4) is 0 Å². The van der Waals surface area contributed by atoms with E-state index >= 15 is 0 Å². The van der Waals surface area contributed by atoms with Gasteiger partial charge in [-0.15, -0.1) is 17.9 Å². The van der Waals surface area contributed by atoms with Gasteiger partial charge in [0.05, 0.1) is 11.4 Å². The minimum atomic E-state index is -0.0990. The number of benzene rings is 2. The molecule has 0 bridgehead atoms. The van der Waals surface area contributed by atoms with Crippen molar-refractivity contribution in [3.05, 3.63) is 100 Å². The second-order valence-corrected chi connectivity index (χ2v) is 6.92. The summed E-state index contributed by atoms with van der Waals surface area (Å²) in [5.74, 6) is 0.788. The van der Waals surface area contributed by atoms with Crippen LogP contribution >= 0.6 is 11.3 Å². The van der Waals surface area contributed by atoms with E-state index in [9.17, 15) is 4.79 Å². The van der Waals surface area contributed by atoms with Crippen LogP contribution in [0.25, 0.3) is 16.2 Å². The van der Waals surface area contributed by atoms with Crippen LogP contribution in [0.2, 0.25) is 0 Å². The predicted octanol–water partition coefficient (Wildman–Crippen LogP) is 4.73. The summed E-state index contributed by atoms with van der Waals surface area (Å²) in [4.78, 5) is 18.0. The lowest BCUT2D eigenvalue weighted by atomic mass is 10.1. The molecule has 0 spiro atoms. The molecule has 2 aromatic heterocycles. The maximum atomic E-state index is 12.7. The van der Waals surface area contributed by atoms with E-state index in [0.717, 1.165) is 29.0 Å². The van der Waals surface area contributed by atoms with E-state index < -0.39 is 0 Å². The molecule has 0 unspecified atom stereocenters. The van der Waals surface area contributed by atoms with Gasteiger partial charge in [-0.1, -0.05) is 54.6 Å². The first kappa shape index (κ1) is 17.2. The summed E-state index contributed by atoms with van der Waals surface area (Å²) in [5.41, 5.74) is 3.44. The van der Waals surface area contributed by atoms with Gasteiger partial charge in [-0.3, -0.25) is 9.20 Å². The molecule has 0 N–H and O–H groups in total. The molecule has 0 aliphatic rings. The van der Waals surface area contributed by atoms with Gasteiger partial charge in [0.1, 0.15) is 12.4 Å². The predicted molar refractivity (Wildman–Crippen MR) is 109 cm³/mol. The lowest BCUT2D eigenvalue weighted by Crippen LogP contribution is -2.16. The zero-order valence-electron chi connectivity index (χ0n) is 14.7. The van der Waals surface area contributed by atoms with Gasteiger partial charge in [0, 0.05) is 11.4 Å². The summed E-state index contributed by atoms with van der Waals surface area (Å²) in [6, 6.07) is 19.2. The molecule has 4 aromatic rings. The number of hydrogen-bond donors (Lipinski definition) is 0. The van der Waals surface area contributed by atoms with Crippen LogP contribution in [-0.2, 0) is 13.0 Å². The van der Waals surface area contributed by atoms with Crippen LogP contribution in [-0.4, -0.2) is 9.38 Å². The minimum Gasteiger partial charge on any atom is -0.487 e. The topological polar surface area (TPSA) is 43.6 Å². The van der Waals surface area contributed by atoms with Crippen LogP contribution in [0, 0.1) is 0 Å². The van der Waals surface area contributed by atoms with Crippen molar-refractivity contribution < 1.29 is 4.74 Å². The average Bonchev–Trinajstić information content (AvgIpc) is 3.13. The fourth-order valence-corrected chi connectivity index (χ4v) is 3.89. The minimum absolute atomic E-state index is 0.0990. The maximum absolute atomic E-state index is 12.7. The first-order valence-electron chi connectivity index (χ1n) is 8.63. The van der Waals surface area contributed by atoms with E-state index in [2.05, 4.69) is 11.6 Å². The van der Waals surface area contributed by atoms with Gasteiger partial charge in [0.2, 0.25) is 0 Å². The first-order valence-corrected chi connectivity index (χ1v) is 9.51. The number of aromatic nitrogens is 2.